The number of rotatable bonds is 3. The molecule has 15 heavy (non-hydrogen) atoms. The van der Waals surface area contributed by atoms with Crippen molar-refractivity contribution in [1.82, 2.24) is 0 Å². The van der Waals surface area contributed by atoms with Crippen LogP contribution in [0.5, 0.6) is 0 Å². The van der Waals surface area contributed by atoms with Crippen LogP contribution in [-0.2, 0) is 9.53 Å². The molecule has 0 saturated carbocycles. The SMILES string of the molecule is COC(=O)C[C@@H](N)C1C=C(Cl)C=C(Cl)C1. The first-order valence-corrected chi connectivity index (χ1v) is 5.34. The predicted molar refractivity (Wildman–Crippen MR) is 60.6 cm³/mol. The molecule has 0 aromatic rings. The van der Waals surface area contributed by atoms with E-state index in [1.165, 1.54) is 7.11 Å². The van der Waals surface area contributed by atoms with Gasteiger partial charge in [0.1, 0.15) is 0 Å². The van der Waals surface area contributed by atoms with Gasteiger partial charge in [0.2, 0.25) is 0 Å². The zero-order chi connectivity index (χ0) is 11.4. The lowest BCUT2D eigenvalue weighted by Gasteiger charge is -2.22. The average molecular weight is 250 g/mol. The number of allylic oxidation sites excluding steroid dienone is 3. The highest BCUT2D eigenvalue weighted by atomic mass is 35.5. The van der Waals surface area contributed by atoms with Crippen LogP contribution in [0.4, 0.5) is 0 Å². The number of halogens is 2. The predicted octanol–water partition coefficient (Wildman–Crippen LogP) is 2.14. The van der Waals surface area contributed by atoms with E-state index in [1.807, 2.05) is 6.08 Å². The van der Waals surface area contributed by atoms with Crippen molar-refractivity contribution >= 4 is 29.2 Å². The first kappa shape index (κ1) is 12.6. The summed E-state index contributed by atoms with van der Waals surface area (Å²) in [5.41, 5.74) is 5.86. The number of hydrogen-bond acceptors (Lipinski definition) is 3. The van der Waals surface area contributed by atoms with E-state index < -0.39 is 0 Å². The Morgan fingerprint density at radius 1 is 1.73 bits per heavy atom. The Morgan fingerprint density at radius 2 is 2.40 bits per heavy atom. The minimum Gasteiger partial charge on any atom is -0.469 e. The molecule has 0 aromatic heterocycles. The quantitative estimate of drug-likeness (QED) is 0.781. The maximum Gasteiger partial charge on any atom is 0.307 e. The molecule has 0 aliphatic heterocycles. The fourth-order valence-corrected chi connectivity index (χ4v) is 2.09. The summed E-state index contributed by atoms with van der Waals surface area (Å²) in [6.07, 6.45) is 4.30. The van der Waals surface area contributed by atoms with E-state index >= 15 is 0 Å². The molecule has 2 atom stereocenters. The van der Waals surface area contributed by atoms with E-state index in [0.29, 0.717) is 16.5 Å². The smallest absolute Gasteiger partial charge is 0.307 e. The highest BCUT2D eigenvalue weighted by molar-refractivity contribution is 6.34. The van der Waals surface area contributed by atoms with Gasteiger partial charge in [0.05, 0.1) is 13.5 Å². The van der Waals surface area contributed by atoms with Gasteiger partial charge in [-0.3, -0.25) is 4.79 Å². The molecular weight excluding hydrogens is 237 g/mol. The van der Waals surface area contributed by atoms with Gasteiger partial charge in [-0.2, -0.15) is 0 Å². The minimum atomic E-state index is -0.322. The second-order valence-corrected chi connectivity index (χ2v) is 4.38. The van der Waals surface area contributed by atoms with Gasteiger partial charge in [0, 0.05) is 16.1 Å². The standard InChI is InChI=1S/C10H13Cl2NO2/c1-15-10(14)5-9(13)6-2-7(11)4-8(12)3-6/h2,4,6,9H,3,5,13H2,1H3/t6?,9-/m1/s1. The summed E-state index contributed by atoms with van der Waals surface area (Å²) in [6, 6.07) is -0.311. The Balaban J connectivity index is 2.58. The number of nitrogens with two attached hydrogens (primary N) is 1. The Bertz CT molecular complexity index is 313. The van der Waals surface area contributed by atoms with Crippen LogP contribution in [0.25, 0.3) is 0 Å². The van der Waals surface area contributed by atoms with Gasteiger partial charge in [-0.1, -0.05) is 29.3 Å². The molecule has 84 valence electrons. The Hall–Kier alpha value is -0.510. The van der Waals surface area contributed by atoms with E-state index in [1.54, 1.807) is 6.08 Å². The fourth-order valence-electron chi connectivity index (χ4n) is 1.45. The molecule has 0 aromatic carbocycles. The van der Waals surface area contributed by atoms with Crippen molar-refractivity contribution in [3.8, 4) is 0 Å². The fraction of sp³-hybridized carbons (Fsp3) is 0.500. The lowest BCUT2D eigenvalue weighted by atomic mass is 9.91. The summed E-state index contributed by atoms with van der Waals surface area (Å²) in [6.45, 7) is 0. The van der Waals surface area contributed by atoms with Crippen molar-refractivity contribution in [3.63, 3.8) is 0 Å². The molecule has 0 saturated heterocycles. The molecular formula is C10H13Cl2NO2. The van der Waals surface area contributed by atoms with Gasteiger partial charge in [0.15, 0.2) is 0 Å². The molecule has 1 aliphatic carbocycles. The summed E-state index contributed by atoms with van der Waals surface area (Å²) in [4.78, 5) is 11.0. The van der Waals surface area contributed by atoms with E-state index in [-0.39, 0.29) is 24.3 Å². The molecule has 2 N–H and O–H groups in total. The Labute approximate surface area is 98.9 Å². The van der Waals surface area contributed by atoms with Gasteiger partial charge >= 0.3 is 5.97 Å². The third kappa shape index (κ3) is 3.86. The molecule has 3 nitrogen and oxygen atoms in total. The van der Waals surface area contributed by atoms with Crippen LogP contribution in [0.2, 0.25) is 0 Å². The summed E-state index contributed by atoms with van der Waals surface area (Å²) in [5, 5.41) is 1.23. The number of hydrogen-bond donors (Lipinski definition) is 1. The van der Waals surface area contributed by atoms with Crippen LogP contribution in [-0.4, -0.2) is 19.1 Å². The maximum atomic E-state index is 11.0. The van der Waals surface area contributed by atoms with Crippen LogP contribution >= 0.6 is 23.2 Å². The van der Waals surface area contributed by atoms with Crippen molar-refractivity contribution < 1.29 is 9.53 Å². The second-order valence-electron chi connectivity index (χ2n) is 3.45. The van der Waals surface area contributed by atoms with Crippen molar-refractivity contribution in [2.45, 2.75) is 18.9 Å². The summed E-state index contributed by atoms with van der Waals surface area (Å²) in [5.74, 6) is -0.327. The molecule has 0 spiro atoms. The van der Waals surface area contributed by atoms with E-state index in [0.717, 1.165) is 0 Å². The molecule has 1 aliphatic rings. The Kier molecular flexibility index (Phi) is 4.64. The molecule has 1 rings (SSSR count). The molecule has 5 heteroatoms. The molecule has 1 unspecified atom stereocenters. The number of methoxy groups -OCH3 is 1. The largest absolute Gasteiger partial charge is 0.469 e. The molecule has 0 radical (unpaired) electrons. The number of esters is 1. The first-order valence-electron chi connectivity index (χ1n) is 4.58. The van der Waals surface area contributed by atoms with Gasteiger partial charge < -0.3 is 10.5 Å². The zero-order valence-electron chi connectivity index (χ0n) is 8.37. The van der Waals surface area contributed by atoms with Crippen LogP contribution in [0.15, 0.2) is 22.2 Å². The van der Waals surface area contributed by atoms with Crippen molar-refractivity contribution in [1.29, 1.82) is 0 Å². The molecule has 0 fully saturated rings. The monoisotopic (exact) mass is 249 g/mol. The Morgan fingerprint density at radius 3 is 2.93 bits per heavy atom. The van der Waals surface area contributed by atoms with Crippen molar-refractivity contribution in [2.24, 2.45) is 11.7 Å². The summed E-state index contributed by atoms with van der Waals surface area (Å²) < 4.78 is 4.55. The van der Waals surface area contributed by atoms with Gasteiger partial charge in [-0.25, -0.2) is 0 Å². The highest BCUT2D eigenvalue weighted by Gasteiger charge is 2.22. The van der Waals surface area contributed by atoms with Crippen molar-refractivity contribution in [3.05, 3.63) is 22.2 Å². The summed E-state index contributed by atoms with van der Waals surface area (Å²) in [7, 11) is 1.34. The third-order valence-electron chi connectivity index (χ3n) is 2.28. The molecule has 0 heterocycles. The molecule has 0 amide bonds. The number of carbonyl (C=O) groups excluding carboxylic acids is 1. The van der Waals surface area contributed by atoms with Crippen molar-refractivity contribution in [2.75, 3.05) is 7.11 Å². The normalized spacial score (nSPS) is 22.8. The zero-order valence-corrected chi connectivity index (χ0v) is 9.89. The van der Waals surface area contributed by atoms with E-state index in [9.17, 15) is 4.79 Å². The van der Waals surface area contributed by atoms with Gasteiger partial charge in [-0.05, 0) is 18.4 Å². The molecule has 0 bridgehead atoms. The average Bonchev–Trinajstić information content (AvgIpc) is 2.16. The number of carbonyl (C=O) groups is 1. The highest BCUT2D eigenvalue weighted by Crippen LogP contribution is 2.29. The summed E-state index contributed by atoms with van der Waals surface area (Å²) >= 11 is 11.7. The lowest BCUT2D eigenvalue weighted by molar-refractivity contribution is -0.141. The van der Waals surface area contributed by atoms with Crippen LogP contribution < -0.4 is 5.73 Å². The maximum absolute atomic E-state index is 11.0. The van der Waals surface area contributed by atoms with Gasteiger partial charge in [0.25, 0.3) is 0 Å². The van der Waals surface area contributed by atoms with E-state index in [2.05, 4.69) is 4.74 Å². The van der Waals surface area contributed by atoms with Crippen LogP contribution in [0.1, 0.15) is 12.8 Å². The van der Waals surface area contributed by atoms with Crippen LogP contribution in [0, 0.1) is 5.92 Å². The minimum absolute atomic E-state index is 0.00546. The second kappa shape index (κ2) is 5.54. The van der Waals surface area contributed by atoms with Crippen LogP contribution in [0.3, 0.4) is 0 Å². The van der Waals surface area contributed by atoms with E-state index in [4.69, 9.17) is 28.9 Å². The lowest BCUT2D eigenvalue weighted by Crippen LogP contribution is -2.32. The topological polar surface area (TPSA) is 52.3 Å². The van der Waals surface area contributed by atoms with Gasteiger partial charge in [-0.15, -0.1) is 0 Å². The first-order chi connectivity index (χ1) is 7.02. The third-order valence-corrected chi connectivity index (χ3v) is 2.78. The number of ether oxygens (including phenoxy) is 1.